The average Bonchev–Trinajstić information content (AvgIpc) is 2.87. The van der Waals surface area contributed by atoms with Crippen LogP contribution in [-0.4, -0.2) is 39.4 Å². The number of fused-ring (bicyclic) bond motifs is 1. The van der Waals surface area contributed by atoms with Gasteiger partial charge in [0.25, 0.3) is 0 Å². The van der Waals surface area contributed by atoms with Crippen molar-refractivity contribution in [3.63, 3.8) is 0 Å². The van der Waals surface area contributed by atoms with Crippen molar-refractivity contribution in [3.05, 3.63) is 46.5 Å². The molecule has 0 fully saturated rings. The first-order chi connectivity index (χ1) is 12.6. The Kier molecular flexibility index (Phi) is 6.12. The van der Waals surface area contributed by atoms with E-state index in [-0.39, 0.29) is 0 Å². The molecule has 0 saturated heterocycles. The Balaban J connectivity index is 1.76. The van der Waals surface area contributed by atoms with Gasteiger partial charge in [0, 0.05) is 25.1 Å². The summed E-state index contributed by atoms with van der Waals surface area (Å²) in [5.74, 6) is 2.86. The third kappa shape index (κ3) is 4.17. The highest BCUT2D eigenvalue weighted by Gasteiger charge is 2.17. The van der Waals surface area contributed by atoms with Crippen LogP contribution in [0.15, 0.2) is 30.3 Å². The van der Waals surface area contributed by atoms with E-state index in [0.29, 0.717) is 30.5 Å². The van der Waals surface area contributed by atoms with Crippen LogP contribution in [-0.2, 0) is 13.1 Å². The number of hydrogen-bond donors (Lipinski definition) is 0. The summed E-state index contributed by atoms with van der Waals surface area (Å²) >= 11 is 6.39. The maximum atomic E-state index is 6.39. The zero-order valence-corrected chi connectivity index (χ0v) is 16.1. The van der Waals surface area contributed by atoms with Crippen molar-refractivity contribution in [2.45, 2.75) is 19.5 Å². The van der Waals surface area contributed by atoms with Crippen molar-refractivity contribution in [3.8, 4) is 23.0 Å². The van der Waals surface area contributed by atoms with Crippen molar-refractivity contribution in [1.29, 1.82) is 0 Å². The number of rotatable bonds is 6. The fourth-order valence-corrected chi connectivity index (χ4v) is 3.40. The summed E-state index contributed by atoms with van der Waals surface area (Å²) in [4.78, 5) is 2.19. The van der Waals surface area contributed by atoms with Gasteiger partial charge in [0.1, 0.15) is 0 Å². The smallest absolute Gasteiger partial charge is 0.179 e. The molecular weight excluding hydrogens is 354 g/mol. The van der Waals surface area contributed by atoms with Crippen LogP contribution < -0.4 is 18.9 Å². The SMILES string of the molecule is COc1cccc(CN(C)Cc2cc(Cl)c3c(c2)OCCCO3)c1OC. The van der Waals surface area contributed by atoms with Crippen LogP contribution in [0.5, 0.6) is 23.0 Å². The maximum Gasteiger partial charge on any atom is 0.179 e. The zero-order chi connectivity index (χ0) is 18.5. The van der Waals surface area contributed by atoms with Gasteiger partial charge in [-0.15, -0.1) is 0 Å². The summed E-state index contributed by atoms with van der Waals surface area (Å²) in [5, 5.41) is 0.590. The van der Waals surface area contributed by atoms with Crippen molar-refractivity contribution in [2.24, 2.45) is 0 Å². The Hall–Kier alpha value is -2.11. The average molecular weight is 378 g/mol. The van der Waals surface area contributed by atoms with Crippen molar-refractivity contribution >= 4 is 11.6 Å². The van der Waals surface area contributed by atoms with E-state index >= 15 is 0 Å². The van der Waals surface area contributed by atoms with E-state index in [1.54, 1.807) is 14.2 Å². The molecule has 1 aliphatic heterocycles. The standard InChI is InChI=1S/C20H24ClNO4/c1-22(13-15-6-4-7-17(23-2)19(15)24-3)12-14-10-16(21)20-18(11-14)25-8-5-9-26-20/h4,6-7,10-11H,5,8-9,12-13H2,1-3H3. The molecule has 26 heavy (non-hydrogen) atoms. The van der Waals surface area contributed by atoms with Gasteiger partial charge in [0.05, 0.1) is 32.5 Å². The molecule has 140 valence electrons. The summed E-state index contributed by atoms with van der Waals surface area (Å²) in [5.41, 5.74) is 2.14. The van der Waals surface area contributed by atoms with Crippen LogP contribution in [0.3, 0.4) is 0 Å². The number of halogens is 1. The van der Waals surface area contributed by atoms with E-state index in [4.69, 9.17) is 30.5 Å². The van der Waals surface area contributed by atoms with Crippen LogP contribution in [0.4, 0.5) is 0 Å². The summed E-state index contributed by atoms with van der Waals surface area (Å²) in [6.45, 7) is 2.70. The lowest BCUT2D eigenvalue weighted by atomic mass is 10.1. The highest BCUT2D eigenvalue weighted by atomic mass is 35.5. The lowest BCUT2D eigenvalue weighted by Crippen LogP contribution is -2.18. The third-order valence-corrected chi connectivity index (χ3v) is 4.52. The molecule has 0 atom stereocenters. The minimum Gasteiger partial charge on any atom is -0.493 e. The van der Waals surface area contributed by atoms with Gasteiger partial charge in [-0.25, -0.2) is 0 Å². The van der Waals surface area contributed by atoms with Crippen LogP contribution in [0, 0.1) is 0 Å². The van der Waals surface area contributed by atoms with Crippen LogP contribution in [0.25, 0.3) is 0 Å². The van der Waals surface area contributed by atoms with Gasteiger partial charge >= 0.3 is 0 Å². The second-order valence-corrected chi connectivity index (χ2v) is 6.69. The first-order valence-corrected chi connectivity index (χ1v) is 8.96. The summed E-state index contributed by atoms with van der Waals surface area (Å²) in [7, 11) is 5.35. The minimum atomic E-state index is 0.590. The van der Waals surface area contributed by atoms with Gasteiger partial charge in [-0.1, -0.05) is 23.7 Å². The maximum absolute atomic E-state index is 6.39. The number of methoxy groups -OCH3 is 2. The molecule has 1 heterocycles. The molecule has 6 heteroatoms. The predicted molar refractivity (Wildman–Crippen MR) is 102 cm³/mol. The highest BCUT2D eigenvalue weighted by molar-refractivity contribution is 6.32. The van der Waals surface area contributed by atoms with E-state index in [9.17, 15) is 0 Å². The number of ether oxygens (including phenoxy) is 4. The Morgan fingerprint density at radius 2 is 1.88 bits per heavy atom. The fourth-order valence-electron chi connectivity index (χ4n) is 3.11. The lowest BCUT2D eigenvalue weighted by molar-refractivity contribution is 0.296. The van der Waals surface area contributed by atoms with Crippen LogP contribution in [0.2, 0.25) is 5.02 Å². The summed E-state index contributed by atoms with van der Waals surface area (Å²) < 4.78 is 22.4. The molecule has 0 bridgehead atoms. The quantitative estimate of drug-likeness (QED) is 0.756. The normalized spacial score (nSPS) is 13.4. The van der Waals surface area contributed by atoms with Crippen molar-refractivity contribution < 1.29 is 18.9 Å². The zero-order valence-electron chi connectivity index (χ0n) is 15.4. The topological polar surface area (TPSA) is 40.2 Å². The molecule has 2 aromatic carbocycles. The molecule has 0 amide bonds. The van der Waals surface area contributed by atoms with Crippen molar-refractivity contribution in [2.75, 3.05) is 34.5 Å². The lowest BCUT2D eigenvalue weighted by Gasteiger charge is -2.20. The molecule has 0 spiro atoms. The minimum absolute atomic E-state index is 0.590. The monoisotopic (exact) mass is 377 g/mol. The molecule has 3 rings (SSSR count). The molecule has 0 saturated carbocycles. The van der Waals surface area contributed by atoms with E-state index < -0.39 is 0 Å². The Bertz CT molecular complexity index is 766. The molecule has 5 nitrogen and oxygen atoms in total. The third-order valence-electron chi connectivity index (χ3n) is 4.24. The number of benzene rings is 2. The van der Waals surface area contributed by atoms with Gasteiger partial charge in [-0.05, 0) is 30.8 Å². The van der Waals surface area contributed by atoms with E-state index in [1.165, 1.54) is 0 Å². The van der Waals surface area contributed by atoms with Crippen LogP contribution in [0.1, 0.15) is 17.5 Å². The van der Waals surface area contributed by atoms with E-state index in [2.05, 4.69) is 11.9 Å². The molecule has 0 unspecified atom stereocenters. The molecule has 0 radical (unpaired) electrons. The van der Waals surface area contributed by atoms with Crippen LogP contribution >= 0.6 is 11.6 Å². The number of hydrogen-bond acceptors (Lipinski definition) is 5. The van der Waals surface area contributed by atoms with Gasteiger partial charge in [0.15, 0.2) is 23.0 Å². The fraction of sp³-hybridized carbons (Fsp3) is 0.400. The van der Waals surface area contributed by atoms with Gasteiger partial charge < -0.3 is 18.9 Å². The van der Waals surface area contributed by atoms with Gasteiger partial charge in [0.2, 0.25) is 0 Å². The first kappa shape index (κ1) is 18.7. The molecule has 2 aromatic rings. The summed E-state index contributed by atoms with van der Waals surface area (Å²) in [6.07, 6.45) is 0.857. The van der Waals surface area contributed by atoms with E-state index in [0.717, 1.165) is 41.3 Å². The molecular formula is C20H24ClNO4. The van der Waals surface area contributed by atoms with E-state index in [1.807, 2.05) is 30.3 Å². The molecule has 0 N–H and O–H groups in total. The van der Waals surface area contributed by atoms with Gasteiger partial charge in [-0.3, -0.25) is 4.90 Å². The van der Waals surface area contributed by atoms with Gasteiger partial charge in [-0.2, -0.15) is 0 Å². The molecule has 0 aromatic heterocycles. The first-order valence-electron chi connectivity index (χ1n) is 8.58. The highest BCUT2D eigenvalue weighted by Crippen LogP contribution is 2.38. The van der Waals surface area contributed by atoms with Crippen molar-refractivity contribution in [1.82, 2.24) is 4.90 Å². The number of nitrogens with zero attached hydrogens (tertiary/aromatic N) is 1. The largest absolute Gasteiger partial charge is 0.493 e. The Morgan fingerprint density at radius 3 is 2.65 bits per heavy atom. The Labute approximate surface area is 159 Å². The number of para-hydroxylation sites is 1. The summed E-state index contributed by atoms with van der Waals surface area (Å²) in [6, 6.07) is 9.85. The second-order valence-electron chi connectivity index (χ2n) is 6.28. The second kappa shape index (κ2) is 8.52. The molecule has 0 aliphatic carbocycles. The molecule has 1 aliphatic rings. The predicted octanol–water partition coefficient (Wildman–Crippen LogP) is 4.15. The Morgan fingerprint density at radius 1 is 1.08 bits per heavy atom.